The standard InChI is InChI=1S/C28H42N4O4/c1-28(2,3)36-20-24(33)18-30-13-15-31(16-14-30)19-26-29-25(21-35-26)27(34)32-11-9-23(10-12-32)17-22-7-5-4-6-8-22/h4-8,21,23-24,33H,9-20H2,1-3H3. The van der Waals surface area contributed by atoms with E-state index in [4.69, 9.17) is 9.15 Å². The van der Waals surface area contributed by atoms with Crippen LogP contribution in [0.1, 0.15) is 55.6 Å². The molecule has 1 unspecified atom stereocenters. The highest BCUT2D eigenvalue weighted by molar-refractivity contribution is 5.92. The third kappa shape index (κ3) is 8.13. The third-order valence-electron chi connectivity index (χ3n) is 7.04. The second-order valence-electron chi connectivity index (χ2n) is 11.2. The van der Waals surface area contributed by atoms with E-state index in [0.29, 0.717) is 37.2 Å². The third-order valence-corrected chi connectivity index (χ3v) is 7.04. The fourth-order valence-electron chi connectivity index (χ4n) is 4.95. The van der Waals surface area contributed by atoms with Crippen LogP contribution >= 0.6 is 0 Å². The summed E-state index contributed by atoms with van der Waals surface area (Å²) < 4.78 is 11.4. The van der Waals surface area contributed by atoms with E-state index in [1.807, 2.05) is 31.7 Å². The lowest BCUT2D eigenvalue weighted by Crippen LogP contribution is -2.49. The van der Waals surface area contributed by atoms with Crippen molar-refractivity contribution in [3.05, 3.63) is 53.7 Å². The van der Waals surface area contributed by atoms with Crippen molar-refractivity contribution in [1.82, 2.24) is 19.7 Å². The summed E-state index contributed by atoms with van der Waals surface area (Å²) in [4.78, 5) is 23.9. The molecule has 2 aromatic rings. The van der Waals surface area contributed by atoms with Gasteiger partial charge >= 0.3 is 0 Å². The quantitative estimate of drug-likeness (QED) is 0.569. The summed E-state index contributed by atoms with van der Waals surface area (Å²) in [5.74, 6) is 1.18. The number of likely N-dealkylation sites (tertiary alicyclic amines) is 1. The van der Waals surface area contributed by atoms with Crippen molar-refractivity contribution < 1.29 is 19.1 Å². The molecule has 1 amide bonds. The lowest BCUT2D eigenvalue weighted by molar-refractivity contribution is -0.0588. The van der Waals surface area contributed by atoms with Crippen LogP contribution in [0.2, 0.25) is 0 Å². The highest BCUT2D eigenvalue weighted by Crippen LogP contribution is 2.23. The van der Waals surface area contributed by atoms with Crippen LogP contribution in [0.5, 0.6) is 0 Å². The molecule has 8 nitrogen and oxygen atoms in total. The zero-order valence-corrected chi connectivity index (χ0v) is 22.1. The van der Waals surface area contributed by atoms with Crippen molar-refractivity contribution in [1.29, 1.82) is 0 Å². The van der Waals surface area contributed by atoms with E-state index in [-0.39, 0.29) is 11.5 Å². The highest BCUT2D eigenvalue weighted by atomic mass is 16.5. The second kappa shape index (κ2) is 12.3. The number of aliphatic hydroxyl groups is 1. The van der Waals surface area contributed by atoms with Gasteiger partial charge in [0.2, 0.25) is 5.89 Å². The molecule has 8 heteroatoms. The van der Waals surface area contributed by atoms with Crippen LogP contribution in [0.4, 0.5) is 0 Å². The molecule has 198 valence electrons. The van der Waals surface area contributed by atoms with E-state index in [1.165, 1.54) is 11.8 Å². The summed E-state index contributed by atoms with van der Waals surface area (Å²) >= 11 is 0. The Morgan fingerprint density at radius 1 is 1.08 bits per heavy atom. The number of benzene rings is 1. The van der Waals surface area contributed by atoms with Gasteiger partial charge in [0.25, 0.3) is 5.91 Å². The predicted octanol–water partition coefficient (Wildman–Crippen LogP) is 3.06. The maximum atomic E-state index is 13.0. The van der Waals surface area contributed by atoms with Gasteiger partial charge in [-0.15, -0.1) is 0 Å². The number of piperidine rings is 1. The number of amides is 1. The summed E-state index contributed by atoms with van der Waals surface area (Å²) in [6.07, 6.45) is 4.14. The van der Waals surface area contributed by atoms with Crippen LogP contribution in [-0.2, 0) is 17.7 Å². The molecular formula is C28H42N4O4. The monoisotopic (exact) mass is 498 g/mol. The zero-order valence-electron chi connectivity index (χ0n) is 22.1. The topological polar surface area (TPSA) is 82.3 Å². The minimum absolute atomic E-state index is 0.0283. The van der Waals surface area contributed by atoms with Gasteiger partial charge in [0, 0.05) is 45.8 Å². The van der Waals surface area contributed by atoms with Crippen molar-refractivity contribution in [3.63, 3.8) is 0 Å². The van der Waals surface area contributed by atoms with Crippen LogP contribution in [-0.4, -0.2) is 94.8 Å². The number of rotatable bonds is 9. The number of piperazine rings is 1. The number of oxazole rings is 1. The molecule has 1 N–H and O–H groups in total. The number of hydrogen-bond acceptors (Lipinski definition) is 7. The van der Waals surface area contributed by atoms with Crippen molar-refractivity contribution in [2.24, 2.45) is 5.92 Å². The van der Waals surface area contributed by atoms with Crippen LogP contribution in [0.3, 0.4) is 0 Å². The Hall–Kier alpha value is -2.26. The van der Waals surface area contributed by atoms with E-state index in [2.05, 4.69) is 39.0 Å². The van der Waals surface area contributed by atoms with Crippen molar-refractivity contribution in [3.8, 4) is 0 Å². The van der Waals surface area contributed by atoms with E-state index >= 15 is 0 Å². The summed E-state index contributed by atoms with van der Waals surface area (Å²) in [5.41, 5.74) is 1.54. The molecule has 1 aromatic carbocycles. The minimum Gasteiger partial charge on any atom is -0.447 e. The number of carbonyl (C=O) groups is 1. The Balaban J connectivity index is 1.17. The number of nitrogens with zero attached hydrogens (tertiary/aromatic N) is 4. The lowest BCUT2D eigenvalue weighted by Gasteiger charge is -2.35. The molecule has 2 saturated heterocycles. The molecule has 2 aliphatic heterocycles. The Morgan fingerprint density at radius 3 is 2.42 bits per heavy atom. The van der Waals surface area contributed by atoms with Gasteiger partial charge in [-0.1, -0.05) is 30.3 Å². The Bertz CT molecular complexity index is 942. The first-order chi connectivity index (χ1) is 17.2. The normalized spacial score (nSPS) is 19.5. The number of ether oxygens (including phenoxy) is 1. The predicted molar refractivity (Wildman–Crippen MR) is 139 cm³/mol. The summed E-state index contributed by atoms with van der Waals surface area (Å²) in [6.45, 7) is 12.6. The first-order valence-electron chi connectivity index (χ1n) is 13.3. The Kier molecular flexibility index (Phi) is 9.17. The van der Waals surface area contributed by atoms with Gasteiger partial charge < -0.3 is 19.2 Å². The molecule has 0 spiro atoms. The molecule has 2 fully saturated rings. The molecule has 4 rings (SSSR count). The van der Waals surface area contributed by atoms with Crippen LogP contribution in [0.25, 0.3) is 0 Å². The van der Waals surface area contributed by atoms with E-state index in [1.54, 1.807) is 0 Å². The average molecular weight is 499 g/mol. The molecule has 0 radical (unpaired) electrons. The Labute approximate surface area is 215 Å². The van der Waals surface area contributed by atoms with Crippen LogP contribution in [0.15, 0.2) is 41.0 Å². The van der Waals surface area contributed by atoms with Gasteiger partial charge in [0.05, 0.1) is 24.9 Å². The largest absolute Gasteiger partial charge is 0.447 e. The fraction of sp³-hybridized carbons (Fsp3) is 0.643. The van der Waals surface area contributed by atoms with Crippen LogP contribution in [0, 0.1) is 5.92 Å². The molecule has 2 aliphatic rings. The Morgan fingerprint density at radius 2 is 1.75 bits per heavy atom. The lowest BCUT2D eigenvalue weighted by atomic mass is 9.90. The van der Waals surface area contributed by atoms with Crippen LogP contribution < -0.4 is 0 Å². The molecule has 3 heterocycles. The number of carbonyl (C=O) groups excluding carboxylic acids is 1. The molecule has 0 bridgehead atoms. The van der Waals surface area contributed by atoms with Gasteiger partial charge in [-0.3, -0.25) is 14.6 Å². The number of aromatic nitrogens is 1. The molecule has 0 aliphatic carbocycles. The smallest absolute Gasteiger partial charge is 0.275 e. The summed E-state index contributed by atoms with van der Waals surface area (Å²) in [5, 5.41) is 10.3. The summed E-state index contributed by atoms with van der Waals surface area (Å²) in [7, 11) is 0. The van der Waals surface area contributed by atoms with Gasteiger partial charge in [-0.05, 0) is 51.5 Å². The highest BCUT2D eigenvalue weighted by Gasteiger charge is 2.27. The molecule has 36 heavy (non-hydrogen) atoms. The number of aliphatic hydroxyl groups excluding tert-OH is 1. The first-order valence-corrected chi connectivity index (χ1v) is 13.3. The zero-order chi connectivity index (χ0) is 25.5. The number of β-amino-alcohol motifs (C(OH)–C–C–N with tert-alkyl or cyclic N) is 1. The van der Waals surface area contributed by atoms with Crippen molar-refractivity contribution >= 4 is 5.91 Å². The molecule has 1 aromatic heterocycles. The SMILES string of the molecule is CC(C)(C)OCC(O)CN1CCN(Cc2nc(C(=O)N3CCC(Cc4ccccc4)CC3)co2)CC1. The van der Waals surface area contributed by atoms with Gasteiger partial charge in [-0.2, -0.15) is 0 Å². The molecular weight excluding hydrogens is 456 g/mol. The fourth-order valence-corrected chi connectivity index (χ4v) is 4.95. The maximum Gasteiger partial charge on any atom is 0.275 e. The summed E-state index contributed by atoms with van der Waals surface area (Å²) in [6, 6.07) is 10.6. The van der Waals surface area contributed by atoms with Gasteiger partial charge in [0.1, 0.15) is 6.26 Å². The van der Waals surface area contributed by atoms with E-state index < -0.39 is 6.10 Å². The van der Waals surface area contributed by atoms with Gasteiger partial charge in [-0.25, -0.2) is 4.98 Å². The molecule has 0 saturated carbocycles. The van der Waals surface area contributed by atoms with Crippen molar-refractivity contribution in [2.75, 3.05) is 52.4 Å². The van der Waals surface area contributed by atoms with Crippen molar-refractivity contribution in [2.45, 2.75) is 58.3 Å². The van der Waals surface area contributed by atoms with E-state index in [0.717, 1.165) is 58.5 Å². The molecule has 1 atom stereocenters. The minimum atomic E-state index is -0.487. The van der Waals surface area contributed by atoms with E-state index in [9.17, 15) is 9.90 Å². The number of hydrogen-bond donors (Lipinski definition) is 1. The first kappa shape index (κ1) is 26.8. The second-order valence-corrected chi connectivity index (χ2v) is 11.2. The maximum absolute atomic E-state index is 13.0. The van der Waals surface area contributed by atoms with Gasteiger partial charge in [0.15, 0.2) is 5.69 Å². The average Bonchev–Trinajstić information content (AvgIpc) is 3.33.